The van der Waals surface area contributed by atoms with Gasteiger partial charge in [0.15, 0.2) is 0 Å². The number of hydrogen-bond donors (Lipinski definition) is 3. The zero-order valence-corrected chi connectivity index (χ0v) is 17.2. The summed E-state index contributed by atoms with van der Waals surface area (Å²) >= 11 is 0. The Bertz CT molecular complexity index is 889. The van der Waals surface area contributed by atoms with Gasteiger partial charge < -0.3 is 5.32 Å². The fraction of sp³-hybridized carbons (Fsp3) is 0.588. The molecule has 0 heterocycles. The van der Waals surface area contributed by atoms with Crippen LogP contribution < -0.4 is 15.2 Å². The Kier molecular flexibility index (Phi) is 7.01. The number of nitrogens with two attached hydrogens (primary N) is 1. The molecule has 8 nitrogen and oxygen atoms in total. The summed E-state index contributed by atoms with van der Waals surface area (Å²) in [6.07, 6.45) is 3.90. The quantitative estimate of drug-likeness (QED) is 0.615. The van der Waals surface area contributed by atoms with Gasteiger partial charge in [0.05, 0.1) is 4.90 Å². The van der Waals surface area contributed by atoms with Crippen molar-refractivity contribution in [3.05, 3.63) is 23.8 Å². The van der Waals surface area contributed by atoms with Crippen molar-refractivity contribution in [2.24, 2.45) is 11.1 Å². The number of benzene rings is 1. The van der Waals surface area contributed by atoms with E-state index in [2.05, 4.69) is 17.0 Å². The highest BCUT2D eigenvalue weighted by Crippen LogP contribution is 2.24. The molecule has 0 atom stereocenters. The van der Waals surface area contributed by atoms with E-state index in [-0.39, 0.29) is 16.6 Å². The minimum Gasteiger partial charge on any atom is -0.325 e. The molecule has 1 aliphatic rings. The first-order valence-corrected chi connectivity index (χ1v) is 12.2. The van der Waals surface area contributed by atoms with Crippen molar-refractivity contribution in [1.29, 1.82) is 0 Å². The molecule has 0 unspecified atom stereocenters. The van der Waals surface area contributed by atoms with E-state index in [9.17, 15) is 21.6 Å². The molecule has 0 saturated heterocycles. The number of carbonyl (C=O) groups is 1. The first kappa shape index (κ1) is 21.8. The molecule has 1 aromatic rings. The van der Waals surface area contributed by atoms with Gasteiger partial charge in [-0.1, -0.05) is 19.9 Å². The van der Waals surface area contributed by atoms with E-state index in [4.69, 9.17) is 5.14 Å². The lowest BCUT2D eigenvalue weighted by atomic mass is 9.88. The van der Waals surface area contributed by atoms with Crippen LogP contribution in [0, 0.1) is 5.92 Å². The average molecular weight is 418 g/mol. The molecule has 0 radical (unpaired) electrons. The minimum atomic E-state index is -3.94. The molecule has 0 spiro atoms. The second kappa shape index (κ2) is 8.68. The van der Waals surface area contributed by atoms with Crippen LogP contribution in [-0.4, -0.2) is 34.5 Å². The summed E-state index contributed by atoms with van der Waals surface area (Å²) in [5, 5.41) is 7.63. The van der Waals surface area contributed by atoms with Gasteiger partial charge in [0.1, 0.15) is 5.75 Å². The molecule has 10 heteroatoms. The molecule has 1 fully saturated rings. The fourth-order valence-electron chi connectivity index (χ4n) is 3.23. The molecule has 1 aromatic carbocycles. The maximum Gasteiger partial charge on any atom is 0.240 e. The number of aryl methyl sites for hydroxylation is 1. The second-order valence-electron chi connectivity index (χ2n) is 7.10. The summed E-state index contributed by atoms with van der Waals surface area (Å²) in [5.74, 6) is -0.872. The molecular weight excluding hydrogens is 390 g/mol. The number of rotatable bonds is 7. The number of primary sulfonamides is 1. The maximum atomic E-state index is 12.2. The van der Waals surface area contributed by atoms with Gasteiger partial charge in [0, 0.05) is 11.7 Å². The Labute approximate surface area is 161 Å². The lowest BCUT2D eigenvalue weighted by Crippen LogP contribution is -2.41. The number of hydrogen-bond acceptors (Lipinski definition) is 5. The fourth-order valence-corrected chi connectivity index (χ4v) is 5.35. The highest BCUT2D eigenvalue weighted by molar-refractivity contribution is 7.90. The zero-order chi connectivity index (χ0) is 20.2. The van der Waals surface area contributed by atoms with Crippen molar-refractivity contribution < 1.29 is 21.6 Å². The van der Waals surface area contributed by atoms with E-state index in [0.29, 0.717) is 17.9 Å². The largest absolute Gasteiger partial charge is 0.325 e. The zero-order valence-electron chi connectivity index (χ0n) is 15.6. The average Bonchev–Trinajstić information content (AvgIpc) is 2.55. The van der Waals surface area contributed by atoms with E-state index in [0.717, 1.165) is 25.7 Å². The normalized spacial score (nSPS) is 21.0. The SMILES string of the molecule is CCc1ccc(NC(=O)CS(=O)(=O)NC2CCC(C)CC2)cc1S(N)(=O)=O. The van der Waals surface area contributed by atoms with Gasteiger partial charge in [-0.05, 0) is 55.7 Å². The number of amides is 1. The summed E-state index contributed by atoms with van der Waals surface area (Å²) in [6.45, 7) is 3.92. The van der Waals surface area contributed by atoms with Crippen molar-refractivity contribution >= 4 is 31.6 Å². The van der Waals surface area contributed by atoms with Gasteiger partial charge >= 0.3 is 0 Å². The second-order valence-corrected chi connectivity index (χ2v) is 10.4. The van der Waals surface area contributed by atoms with Crippen LogP contribution in [0.5, 0.6) is 0 Å². The molecule has 1 aliphatic carbocycles. The van der Waals surface area contributed by atoms with E-state index in [1.165, 1.54) is 12.1 Å². The van der Waals surface area contributed by atoms with Gasteiger partial charge in [0.2, 0.25) is 26.0 Å². The molecule has 152 valence electrons. The Morgan fingerprint density at radius 3 is 2.33 bits per heavy atom. The van der Waals surface area contributed by atoms with E-state index in [1.807, 2.05) is 0 Å². The third kappa shape index (κ3) is 6.56. The molecular formula is C17H27N3O5S2. The standard InChI is InChI=1S/C17H27N3O5S2/c1-3-13-6-9-15(10-16(13)27(18,24)25)19-17(21)11-26(22,23)20-14-7-4-12(2)5-8-14/h6,9-10,12,14,20H,3-5,7-8,11H2,1-2H3,(H,19,21)(H2,18,24,25). The van der Waals surface area contributed by atoms with E-state index >= 15 is 0 Å². The molecule has 27 heavy (non-hydrogen) atoms. The van der Waals surface area contributed by atoms with Gasteiger partial charge in [0.25, 0.3) is 0 Å². The molecule has 1 saturated carbocycles. The van der Waals surface area contributed by atoms with Crippen molar-refractivity contribution in [1.82, 2.24) is 4.72 Å². The van der Waals surface area contributed by atoms with Crippen molar-refractivity contribution in [2.45, 2.75) is 56.9 Å². The van der Waals surface area contributed by atoms with Crippen LogP contribution in [0.3, 0.4) is 0 Å². The molecule has 1 amide bonds. The van der Waals surface area contributed by atoms with E-state index in [1.54, 1.807) is 13.0 Å². The van der Waals surface area contributed by atoms with Crippen LogP contribution in [-0.2, 0) is 31.3 Å². The van der Waals surface area contributed by atoms with Crippen LogP contribution in [0.15, 0.2) is 23.1 Å². The lowest BCUT2D eigenvalue weighted by Gasteiger charge is -2.26. The minimum absolute atomic E-state index is 0.0832. The maximum absolute atomic E-state index is 12.2. The van der Waals surface area contributed by atoms with Crippen LogP contribution >= 0.6 is 0 Å². The Hall–Kier alpha value is -1.49. The predicted octanol–water partition coefficient (Wildman–Crippen LogP) is 1.33. The highest BCUT2D eigenvalue weighted by atomic mass is 32.2. The van der Waals surface area contributed by atoms with Crippen LogP contribution in [0.2, 0.25) is 0 Å². The number of nitrogens with one attached hydrogen (secondary N) is 2. The number of carbonyl (C=O) groups excluding carboxylic acids is 1. The molecule has 0 bridgehead atoms. The van der Waals surface area contributed by atoms with Crippen LogP contribution in [0.4, 0.5) is 5.69 Å². The number of sulfonamides is 2. The third-order valence-corrected chi connectivity index (χ3v) is 7.05. The van der Waals surface area contributed by atoms with E-state index < -0.39 is 31.7 Å². The monoisotopic (exact) mass is 417 g/mol. The van der Waals surface area contributed by atoms with Crippen LogP contribution in [0.1, 0.15) is 45.1 Å². The molecule has 2 rings (SSSR count). The summed E-state index contributed by atoms with van der Waals surface area (Å²) in [4.78, 5) is 12.0. The van der Waals surface area contributed by atoms with Gasteiger partial charge in [-0.15, -0.1) is 0 Å². The first-order chi connectivity index (χ1) is 12.5. The Morgan fingerprint density at radius 1 is 1.15 bits per heavy atom. The van der Waals surface area contributed by atoms with Crippen molar-refractivity contribution in [2.75, 3.05) is 11.1 Å². The summed E-state index contributed by atoms with van der Waals surface area (Å²) < 4.78 is 50.4. The topological polar surface area (TPSA) is 135 Å². The van der Waals surface area contributed by atoms with Crippen LogP contribution in [0.25, 0.3) is 0 Å². The van der Waals surface area contributed by atoms with Gasteiger partial charge in [-0.25, -0.2) is 26.7 Å². The van der Waals surface area contributed by atoms with Crippen molar-refractivity contribution in [3.8, 4) is 0 Å². The first-order valence-electron chi connectivity index (χ1n) is 8.95. The number of anilines is 1. The Balaban J connectivity index is 2.02. The molecule has 4 N–H and O–H groups in total. The summed E-state index contributed by atoms with van der Waals surface area (Å²) in [7, 11) is -7.72. The molecule has 0 aliphatic heterocycles. The molecule has 0 aromatic heterocycles. The van der Waals surface area contributed by atoms with Gasteiger partial charge in [-0.3, -0.25) is 4.79 Å². The predicted molar refractivity (Wildman–Crippen MR) is 104 cm³/mol. The highest BCUT2D eigenvalue weighted by Gasteiger charge is 2.25. The smallest absolute Gasteiger partial charge is 0.240 e. The Morgan fingerprint density at radius 2 is 1.78 bits per heavy atom. The van der Waals surface area contributed by atoms with Crippen molar-refractivity contribution in [3.63, 3.8) is 0 Å². The lowest BCUT2D eigenvalue weighted by molar-refractivity contribution is -0.113. The third-order valence-electron chi connectivity index (χ3n) is 4.72. The van der Waals surface area contributed by atoms with Gasteiger partial charge in [-0.2, -0.15) is 0 Å². The summed E-state index contributed by atoms with van der Waals surface area (Å²) in [5.41, 5.74) is 0.708. The summed E-state index contributed by atoms with van der Waals surface area (Å²) in [6, 6.07) is 4.17.